The first-order chi connectivity index (χ1) is 12.5. The van der Waals surface area contributed by atoms with Gasteiger partial charge in [-0.3, -0.25) is 0 Å². The van der Waals surface area contributed by atoms with Crippen molar-refractivity contribution in [3.8, 4) is 5.75 Å². The van der Waals surface area contributed by atoms with Crippen molar-refractivity contribution in [3.05, 3.63) is 59.2 Å². The van der Waals surface area contributed by atoms with E-state index in [0.717, 1.165) is 30.9 Å². The smallest absolute Gasteiger partial charge is 0.243 e. The zero-order chi connectivity index (χ0) is 18.6. The van der Waals surface area contributed by atoms with Crippen LogP contribution in [-0.4, -0.2) is 32.4 Å². The summed E-state index contributed by atoms with van der Waals surface area (Å²) in [5.74, 6) is 0.999. The number of hydrogen-bond donors (Lipinski definition) is 1. The number of fused-ring (bicyclic) bond motifs is 1. The highest BCUT2D eigenvalue weighted by Crippen LogP contribution is 2.25. The van der Waals surface area contributed by atoms with Gasteiger partial charge in [0.1, 0.15) is 5.75 Å². The molecule has 0 unspecified atom stereocenters. The van der Waals surface area contributed by atoms with Crippen LogP contribution < -0.4 is 10.1 Å². The zero-order valence-electron chi connectivity index (χ0n) is 15.4. The summed E-state index contributed by atoms with van der Waals surface area (Å²) < 4.78 is 32.0. The van der Waals surface area contributed by atoms with Gasteiger partial charge >= 0.3 is 0 Å². The third-order valence-corrected chi connectivity index (χ3v) is 6.74. The fraction of sp³-hybridized carbons (Fsp3) is 0.400. The maximum Gasteiger partial charge on any atom is 0.243 e. The first-order valence-electron chi connectivity index (χ1n) is 9.09. The Morgan fingerprint density at radius 3 is 2.35 bits per heavy atom. The molecule has 3 rings (SSSR count). The van der Waals surface area contributed by atoms with Crippen molar-refractivity contribution in [2.75, 3.05) is 19.7 Å². The summed E-state index contributed by atoms with van der Waals surface area (Å²) in [6, 6.07) is 13.4. The predicted molar refractivity (Wildman–Crippen MR) is 103 cm³/mol. The summed E-state index contributed by atoms with van der Waals surface area (Å²) in [5.41, 5.74) is 3.57. The third-order valence-electron chi connectivity index (χ3n) is 4.68. The molecule has 1 N–H and O–H groups in total. The van der Waals surface area contributed by atoms with E-state index in [2.05, 4.69) is 17.4 Å². The lowest BCUT2D eigenvalue weighted by atomic mass is 10.1. The summed E-state index contributed by atoms with van der Waals surface area (Å²) in [4.78, 5) is 0.351. The molecule has 6 heteroatoms. The summed E-state index contributed by atoms with van der Waals surface area (Å²) >= 11 is 0. The van der Waals surface area contributed by atoms with Gasteiger partial charge in [-0.25, -0.2) is 8.42 Å². The van der Waals surface area contributed by atoms with Gasteiger partial charge in [-0.05, 0) is 34.9 Å². The number of benzene rings is 2. The molecule has 0 saturated heterocycles. The predicted octanol–water partition coefficient (Wildman–Crippen LogP) is 2.94. The number of ether oxygens (including phenoxy) is 1. The van der Waals surface area contributed by atoms with Crippen LogP contribution in [0, 0.1) is 0 Å². The van der Waals surface area contributed by atoms with Crippen LogP contribution in [0.4, 0.5) is 0 Å². The van der Waals surface area contributed by atoms with Gasteiger partial charge in [-0.1, -0.05) is 38.1 Å². The topological polar surface area (TPSA) is 58.6 Å². The van der Waals surface area contributed by atoms with E-state index in [-0.39, 0.29) is 0 Å². The Hall–Kier alpha value is -1.89. The standard InChI is InChI=1S/C20H26N2O3S/c1-3-22(4-2)26(23,24)19-8-5-16(6-9-19)14-21-15-17-7-10-20-18(13-17)11-12-25-20/h5-10,13,21H,3-4,11-12,14-15H2,1-2H3. The van der Waals surface area contributed by atoms with Gasteiger partial charge in [0.25, 0.3) is 0 Å². The van der Waals surface area contributed by atoms with E-state index >= 15 is 0 Å². The van der Waals surface area contributed by atoms with Crippen molar-refractivity contribution in [3.63, 3.8) is 0 Å². The fourth-order valence-corrected chi connectivity index (χ4v) is 4.65. The molecule has 1 heterocycles. The lowest BCUT2D eigenvalue weighted by Crippen LogP contribution is -2.30. The SMILES string of the molecule is CCN(CC)S(=O)(=O)c1ccc(CNCc2ccc3c(c2)CCO3)cc1. The molecule has 0 amide bonds. The first-order valence-corrected chi connectivity index (χ1v) is 10.5. The van der Waals surface area contributed by atoms with E-state index in [9.17, 15) is 8.42 Å². The molecule has 0 fully saturated rings. The van der Waals surface area contributed by atoms with Crippen molar-refractivity contribution in [2.45, 2.75) is 38.3 Å². The van der Waals surface area contributed by atoms with Gasteiger partial charge in [0.15, 0.2) is 0 Å². The molecule has 1 aliphatic rings. The average molecular weight is 375 g/mol. The van der Waals surface area contributed by atoms with Crippen molar-refractivity contribution >= 4 is 10.0 Å². The van der Waals surface area contributed by atoms with Gasteiger partial charge in [0, 0.05) is 32.6 Å². The Morgan fingerprint density at radius 1 is 1.00 bits per heavy atom. The van der Waals surface area contributed by atoms with Crippen LogP contribution in [0.15, 0.2) is 47.4 Å². The highest BCUT2D eigenvalue weighted by Gasteiger charge is 2.21. The first kappa shape index (κ1) is 18.9. The van der Waals surface area contributed by atoms with E-state index < -0.39 is 10.0 Å². The normalized spacial score (nSPS) is 13.7. The van der Waals surface area contributed by atoms with E-state index in [1.165, 1.54) is 15.4 Å². The molecule has 5 nitrogen and oxygen atoms in total. The molecule has 2 aromatic carbocycles. The lowest BCUT2D eigenvalue weighted by Gasteiger charge is -2.18. The van der Waals surface area contributed by atoms with Gasteiger partial charge < -0.3 is 10.1 Å². The van der Waals surface area contributed by atoms with Crippen LogP contribution >= 0.6 is 0 Å². The van der Waals surface area contributed by atoms with E-state index in [0.29, 0.717) is 24.5 Å². The second-order valence-electron chi connectivity index (χ2n) is 6.38. The molecule has 0 radical (unpaired) electrons. The molecule has 0 aliphatic carbocycles. The Bertz CT molecular complexity index is 844. The molecule has 0 spiro atoms. The van der Waals surface area contributed by atoms with Crippen LogP contribution in [-0.2, 0) is 29.5 Å². The minimum atomic E-state index is -3.39. The summed E-state index contributed by atoms with van der Waals surface area (Å²) in [6.07, 6.45) is 0.978. The minimum Gasteiger partial charge on any atom is -0.493 e. The van der Waals surface area contributed by atoms with Crippen LogP contribution in [0.5, 0.6) is 5.75 Å². The summed E-state index contributed by atoms with van der Waals surface area (Å²) in [5, 5.41) is 3.41. The lowest BCUT2D eigenvalue weighted by molar-refractivity contribution is 0.357. The van der Waals surface area contributed by atoms with Crippen LogP contribution in [0.2, 0.25) is 0 Å². The highest BCUT2D eigenvalue weighted by atomic mass is 32.2. The quantitative estimate of drug-likeness (QED) is 0.772. The maximum absolute atomic E-state index is 12.5. The number of rotatable bonds is 8. The Balaban J connectivity index is 1.58. The molecule has 0 saturated carbocycles. The molecule has 2 aromatic rings. The van der Waals surface area contributed by atoms with Gasteiger partial charge in [0.05, 0.1) is 11.5 Å². The summed E-state index contributed by atoms with van der Waals surface area (Å²) in [7, 11) is -3.39. The zero-order valence-corrected chi connectivity index (χ0v) is 16.2. The van der Waals surface area contributed by atoms with Crippen molar-refractivity contribution in [1.82, 2.24) is 9.62 Å². The Labute approximate surface area is 156 Å². The van der Waals surface area contributed by atoms with Crippen molar-refractivity contribution in [1.29, 1.82) is 0 Å². The van der Waals surface area contributed by atoms with Crippen molar-refractivity contribution < 1.29 is 13.2 Å². The van der Waals surface area contributed by atoms with E-state index in [4.69, 9.17) is 4.74 Å². The summed E-state index contributed by atoms with van der Waals surface area (Å²) in [6.45, 7) is 6.90. The molecule has 26 heavy (non-hydrogen) atoms. The second kappa shape index (κ2) is 8.20. The van der Waals surface area contributed by atoms with Gasteiger partial charge in [-0.2, -0.15) is 4.31 Å². The minimum absolute atomic E-state index is 0.351. The van der Waals surface area contributed by atoms with Crippen LogP contribution in [0.3, 0.4) is 0 Å². The largest absolute Gasteiger partial charge is 0.493 e. The number of nitrogens with one attached hydrogen (secondary N) is 1. The van der Waals surface area contributed by atoms with Crippen molar-refractivity contribution in [2.24, 2.45) is 0 Å². The highest BCUT2D eigenvalue weighted by molar-refractivity contribution is 7.89. The number of sulfonamides is 1. The van der Waals surface area contributed by atoms with E-state index in [1.54, 1.807) is 12.1 Å². The fourth-order valence-electron chi connectivity index (χ4n) is 3.19. The van der Waals surface area contributed by atoms with Gasteiger partial charge in [0.2, 0.25) is 10.0 Å². The molecular weight excluding hydrogens is 348 g/mol. The molecule has 0 bridgehead atoms. The Kier molecular flexibility index (Phi) is 5.96. The molecule has 0 atom stereocenters. The molecular formula is C20H26N2O3S. The van der Waals surface area contributed by atoms with Crippen LogP contribution in [0.1, 0.15) is 30.5 Å². The second-order valence-corrected chi connectivity index (χ2v) is 8.32. The van der Waals surface area contributed by atoms with E-state index in [1.807, 2.05) is 32.0 Å². The number of hydrogen-bond acceptors (Lipinski definition) is 4. The maximum atomic E-state index is 12.5. The Morgan fingerprint density at radius 2 is 1.65 bits per heavy atom. The number of nitrogens with zero attached hydrogens (tertiary/aromatic N) is 1. The van der Waals surface area contributed by atoms with Gasteiger partial charge in [-0.15, -0.1) is 0 Å². The average Bonchev–Trinajstić information content (AvgIpc) is 3.11. The third kappa shape index (κ3) is 4.09. The molecule has 0 aromatic heterocycles. The monoisotopic (exact) mass is 374 g/mol. The molecule has 140 valence electrons. The van der Waals surface area contributed by atoms with Crippen LogP contribution in [0.25, 0.3) is 0 Å². The molecule has 1 aliphatic heterocycles.